The van der Waals surface area contributed by atoms with Gasteiger partial charge in [0.2, 0.25) is 0 Å². The Bertz CT molecular complexity index is 130. The van der Waals surface area contributed by atoms with E-state index in [0.717, 1.165) is 6.54 Å². The molecule has 0 radical (unpaired) electrons. The molecular formula is C10H21NO. The van der Waals surface area contributed by atoms with E-state index in [4.69, 9.17) is 4.74 Å². The van der Waals surface area contributed by atoms with E-state index in [2.05, 4.69) is 19.2 Å². The van der Waals surface area contributed by atoms with Crippen molar-refractivity contribution in [3.63, 3.8) is 0 Å². The molecule has 1 fully saturated rings. The van der Waals surface area contributed by atoms with Gasteiger partial charge in [0.15, 0.2) is 0 Å². The molecule has 0 spiro atoms. The van der Waals surface area contributed by atoms with Crippen LogP contribution in [-0.4, -0.2) is 25.3 Å². The highest BCUT2D eigenvalue weighted by atomic mass is 16.5. The van der Waals surface area contributed by atoms with Gasteiger partial charge in [0.25, 0.3) is 0 Å². The van der Waals surface area contributed by atoms with E-state index in [1.165, 1.54) is 25.7 Å². The Morgan fingerprint density at radius 3 is 2.50 bits per heavy atom. The van der Waals surface area contributed by atoms with Crippen LogP contribution in [0, 0.1) is 0 Å². The molecule has 1 aliphatic carbocycles. The molecule has 1 rings (SSSR count). The SMILES string of the molecule is COC(C)CNC1(C)CCCC1. The third kappa shape index (κ3) is 2.76. The monoisotopic (exact) mass is 171 g/mol. The molecule has 0 aromatic rings. The van der Waals surface area contributed by atoms with Gasteiger partial charge in [-0.25, -0.2) is 0 Å². The van der Waals surface area contributed by atoms with Crippen LogP contribution in [0.2, 0.25) is 0 Å². The molecule has 0 aromatic carbocycles. The predicted molar refractivity (Wildman–Crippen MR) is 51.3 cm³/mol. The first kappa shape index (κ1) is 10.0. The zero-order valence-electron chi connectivity index (χ0n) is 8.52. The van der Waals surface area contributed by atoms with Crippen molar-refractivity contribution in [2.75, 3.05) is 13.7 Å². The fraction of sp³-hybridized carbons (Fsp3) is 1.00. The van der Waals surface area contributed by atoms with E-state index in [9.17, 15) is 0 Å². The van der Waals surface area contributed by atoms with Crippen molar-refractivity contribution in [1.29, 1.82) is 0 Å². The molecule has 1 saturated carbocycles. The third-order valence-corrected chi connectivity index (χ3v) is 2.93. The van der Waals surface area contributed by atoms with Gasteiger partial charge in [0.05, 0.1) is 6.10 Å². The number of nitrogens with one attached hydrogen (secondary N) is 1. The summed E-state index contributed by atoms with van der Waals surface area (Å²) in [5.74, 6) is 0. The van der Waals surface area contributed by atoms with Crippen LogP contribution >= 0.6 is 0 Å². The quantitative estimate of drug-likeness (QED) is 0.698. The summed E-state index contributed by atoms with van der Waals surface area (Å²) in [4.78, 5) is 0. The van der Waals surface area contributed by atoms with Crippen LogP contribution < -0.4 is 5.32 Å². The summed E-state index contributed by atoms with van der Waals surface area (Å²) in [5.41, 5.74) is 0.396. The lowest BCUT2D eigenvalue weighted by Crippen LogP contribution is -2.43. The number of methoxy groups -OCH3 is 1. The fourth-order valence-corrected chi connectivity index (χ4v) is 1.81. The normalized spacial score (nSPS) is 24.2. The van der Waals surface area contributed by atoms with Gasteiger partial charge >= 0.3 is 0 Å². The van der Waals surface area contributed by atoms with Crippen molar-refractivity contribution in [2.24, 2.45) is 0 Å². The second-order valence-corrected chi connectivity index (χ2v) is 4.19. The molecule has 2 heteroatoms. The molecule has 1 N–H and O–H groups in total. The zero-order valence-corrected chi connectivity index (χ0v) is 8.52. The molecule has 0 saturated heterocycles. The van der Waals surface area contributed by atoms with Crippen LogP contribution in [0.15, 0.2) is 0 Å². The van der Waals surface area contributed by atoms with Crippen molar-refractivity contribution in [2.45, 2.75) is 51.2 Å². The van der Waals surface area contributed by atoms with Gasteiger partial charge in [-0.1, -0.05) is 12.8 Å². The Balaban J connectivity index is 2.21. The summed E-state index contributed by atoms with van der Waals surface area (Å²) in [5, 5.41) is 3.58. The van der Waals surface area contributed by atoms with E-state index in [-0.39, 0.29) is 0 Å². The Kier molecular flexibility index (Phi) is 3.53. The topological polar surface area (TPSA) is 21.3 Å². The fourth-order valence-electron chi connectivity index (χ4n) is 1.81. The van der Waals surface area contributed by atoms with Gasteiger partial charge in [0, 0.05) is 19.2 Å². The predicted octanol–water partition coefficient (Wildman–Crippen LogP) is 1.94. The van der Waals surface area contributed by atoms with Crippen molar-refractivity contribution >= 4 is 0 Å². The summed E-state index contributed by atoms with van der Waals surface area (Å²) in [7, 11) is 1.77. The second-order valence-electron chi connectivity index (χ2n) is 4.19. The van der Waals surface area contributed by atoms with Crippen LogP contribution in [0.1, 0.15) is 39.5 Å². The van der Waals surface area contributed by atoms with E-state index in [0.29, 0.717) is 11.6 Å². The summed E-state index contributed by atoms with van der Waals surface area (Å²) < 4.78 is 5.19. The summed E-state index contributed by atoms with van der Waals surface area (Å²) in [6.07, 6.45) is 5.74. The van der Waals surface area contributed by atoms with Crippen molar-refractivity contribution in [3.05, 3.63) is 0 Å². The highest BCUT2D eigenvalue weighted by molar-refractivity contribution is 4.88. The van der Waals surface area contributed by atoms with Crippen LogP contribution in [0.25, 0.3) is 0 Å². The molecule has 0 aliphatic heterocycles. The summed E-state index contributed by atoms with van der Waals surface area (Å²) >= 11 is 0. The van der Waals surface area contributed by atoms with Crippen LogP contribution in [0.5, 0.6) is 0 Å². The number of ether oxygens (including phenoxy) is 1. The van der Waals surface area contributed by atoms with E-state index < -0.39 is 0 Å². The largest absolute Gasteiger partial charge is 0.380 e. The summed E-state index contributed by atoms with van der Waals surface area (Å²) in [6.45, 7) is 5.40. The van der Waals surface area contributed by atoms with Crippen LogP contribution in [-0.2, 0) is 4.74 Å². The molecule has 0 heterocycles. The average molecular weight is 171 g/mol. The van der Waals surface area contributed by atoms with Gasteiger partial charge in [-0.3, -0.25) is 0 Å². The Labute approximate surface area is 75.7 Å². The molecule has 0 aromatic heterocycles. The van der Waals surface area contributed by atoms with Gasteiger partial charge in [0.1, 0.15) is 0 Å². The van der Waals surface area contributed by atoms with Crippen LogP contribution in [0.4, 0.5) is 0 Å². The molecule has 2 nitrogen and oxygen atoms in total. The average Bonchev–Trinajstić information content (AvgIpc) is 2.49. The Hall–Kier alpha value is -0.0800. The molecule has 0 amide bonds. The molecule has 72 valence electrons. The lowest BCUT2D eigenvalue weighted by Gasteiger charge is -2.26. The second kappa shape index (κ2) is 4.24. The Morgan fingerprint density at radius 1 is 1.42 bits per heavy atom. The molecular weight excluding hydrogens is 150 g/mol. The maximum atomic E-state index is 5.19. The van der Waals surface area contributed by atoms with E-state index >= 15 is 0 Å². The third-order valence-electron chi connectivity index (χ3n) is 2.93. The first-order chi connectivity index (χ1) is 5.66. The highest BCUT2D eigenvalue weighted by Gasteiger charge is 2.27. The molecule has 1 unspecified atom stereocenters. The van der Waals surface area contributed by atoms with E-state index in [1.54, 1.807) is 7.11 Å². The van der Waals surface area contributed by atoms with Gasteiger partial charge < -0.3 is 10.1 Å². The van der Waals surface area contributed by atoms with Crippen molar-refractivity contribution in [1.82, 2.24) is 5.32 Å². The number of hydrogen-bond acceptors (Lipinski definition) is 2. The molecule has 1 atom stereocenters. The van der Waals surface area contributed by atoms with Gasteiger partial charge in [-0.2, -0.15) is 0 Å². The minimum Gasteiger partial charge on any atom is -0.380 e. The van der Waals surface area contributed by atoms with E-state index in [1.807, 2.05) is 0 Å². The minimum atomic E-state index is 0.336. The standard InChI is InChI=1S/C10H21NO/c1-9(12-3)8-11-10(2)6-4-5-7-10/h9,11H,4-8H2,1-3H3. The maximum Gasteiger partial charge on any atom is 0.0667 e. The maximum absolute atomic E-state index is 5.19. The minimum absolute atomic E-state index is 0.336. The molecule has 12 heavy (non-hydrogen) atoms. The van der Waals surface area contributed by atoms with Gasteiger partial charge in [-0.05, 0) is 26.7 Å². The number of hydrogen-bond donors (Lipinski definition) is 1. The first-order valence-corrected chi connectivity index (χ1v) is 4.94. The smallest absolute Gasteiger partial charge is 0.0667 e. The first-order valence-electron chi connectivity index (χ1n) is 4.94. The zero-order chi connectivity index (χ0) is 9.03. The Morgan fingerprint density at radius 2 is 2.00 bits per heavy atom. The van der Waals surface area contributed by atoms with Crippen molar-refractivity contribution < 1.29 is 4.74 Å². The molecule has 0 bridgehead atoms. The lowest BCUT2D eigenvalue weighted by atomic mass is 10.0. The van der Waals surface area contributed by atoms with Crippen molar-refractivity contribution in [3.8, 4) is 0 Å². The number of rotatable bonds is 4. The van der Waals surface area contributed by atoms with Gasteiger partial charge in [-0.15, -0.1) is 0 Å². The summed E-state index contributed by atoms with van der Waals surface area (Å²) in [6, 6.07) is 0. The molecule has 1 aliphatic rings. The lowest BCUT2D eigenvalue weighted by molar-refractivity contribution is 0.108. The van der Waals surface area contributed by atoms with Crippen LogP contribution in [0.3, 0.4) is 0 Å². The highest BCUT2D eigenvalue weighted by Crippen LogP contribution is 2.28.